The number of fused-ring (bicyclic) bond motifs is 1. The van der Waals surface area contributed by atoms with Crippen molar-refractivity contribution in [2.75, 3.05) is 6.54 Å². The lowest BCUT2D eigenvalue weighted by Gasteiger charge is -2.27. The zero-order valence-corrected chi connectivity index (χ0v) is 11.4. The number of hydrogen-bond acceptors (Lipinski definition) is 4. The summed E-state index contributed by atoms with van der Waals surface area (Å²) in [6.07, 6.45) is 6.84. The number of nitrogens with one attached hydrogen (secondary N) is 1. The van der Waals surface area contributed by atoms with Crippen LogP contribution in [-0.2, 0) is 19.5 Å². The van der Waals surface area contributed by atoms with E-state index in [2.05, 4.69) is 38.9 Å². The molecule has 0 fully saturated rings. The molecule has 2 aromatic heterocycles. The van der Waals surface area contributed by atoms with E-state index in [1.54, 1.807) is 0 Å². The predicted molar refractivity (Wildman–Crippen MR) is 72.5 cm³/mol. The lowest BCUT2D eigenvalue weighted by atomic mass is 10.1. The fraction of sp³-hybridized carbons (Fsp3) is 0.500. The first-order valence-electron chi connectivity index (χ1n) is 6.77. The number of nitrogens with zero attached hydrogens (tertiary/aromatic N) is 4. The molecule has 0 bridgehead atoms. The van der Waals surface area contributed by atoms with Gasteiger partial charge < -0.3 is 0 Å². The SMILES string of the molecule is CC(C)c1ncc2c(n1)CCN(Cc1cn[nH]c1)C2. The summed E-state index contributed by atoms with van der Waals surface area (Å²) in [7, 11) is 0. The Kier molecular flexibility index (Phi) is 3.29. The van der Waals surface area contributed by atoms with Crippen molar-refractivity contribution in [3.8, 4) is 0 Å². The molecule has 0 aromatic carbocycles. The third-order valence-corrected chi connectivity index (χ3v) is 3.51. The minimum Gasteiger partial charge on any atom is -0.294 e. The van der Waals surface area contributed by atoms with Gasteiger partial charge in [0, 0.05) is 61.2 Å². The van der Waals surface area contributed by atoms with Gasteiger partial charge in [0.05, 0.1) is 6.20 Å². The van der Waals surface area contributed by atoms with Crippen LogP contribution in [0.25, 0.3) is 0 Å². The smallest absolute Gasteiger partial charge is 0.131 e. The van der Waals surface area contributed by atoms with E-state index in [9.17, 15) is 0 Å². The summed E-state index contributed by atoms with van der Waals surface area (Å²) < 4.78 is 0. The summed E-state index contributed by atoms with van der Waals surface area (Å²) in [5, 5.41) is 6.84. The van der Waals surface area contributed by atoms with Gasteiger partial charge in [0.2, 0.25) is 0 Å². The van der Waals surface area contributed by atoms with E-state index < -0.39 is 0 Å². The molecule has 0 aliphatic carbocycles. The maximum absolute atomic E-state index is 4.69. The number of rotatable bonds is 3. The highest BCUT2D eigenvalue weighted by molar-refractivity contribution is 5.21. The third-order valence-electron chi connectivity index (χ3n) is 3.51. The molecule has 5 nitrogen and oxygen atoms in total. The number of aromatic nitrogens is 4. The van der Waals surface area contributed by atoms with Gasteiger partial charge in [-0.25, -0.2) is 9.97 Å². The summed E-state index contributed by atoms with van der Waals surface area (Å²) in [5.74, 6) is 1.36. The Balaban J connectivity index is 1.73. The monoisotopic (exact) mass is 257 g/mol. The van der Waals surface area contributed by atoms with Gasteiger partial charge in [-0.2, -0.15) is 5.10 Å². The van der Waals surface area contributed by atoms with E-state index >= 15 is 0 Å². The van der Waals surface area contributed by atoms with Gasteiger partial charge in [-0.3, -0.25) is 10.00 Å². The summed E-state index contributed by atoms with van der Waals surface area (Å²) in [6.45, 7) is 7.18. The van der Waals surface area contributed by atoms with Crippen molar-refractivity contribution in [3.05, 3.63) is 41.2 Å². The molecule has 0 radical (unpaired) electrons. The molecule has 0 saturated carbocycles. The van der Waals surface area contributed by atoms with Crippen LogP contribution in [0.5, 0.6) is 0 Å². The second-order valence-corrected chi connectivity index (χ2v) is 5.42. The molecule has 0 saturated heterocycles. The molecule has 0 spiro atoms. The van der Waals surface area contributed by atoms with Crippen LogP contribution in [0.2, 0.25) is 0 Å². The van der Waals surface area contributed by atoms with E-state index in [0.717, 1.165) is 31.9 Å². The maximum Gasteiger partial charge on any atom is 0.131 e. The van der Waals surface area contributed by atoms with Crippen molar-refractivity contribution in [1.82, 2.24) is 25.1 Å². The average Bonchev–Trinajstić information content (AvgIpc) is 2.91. The Morgan fingerprint density at radius 2 is 2.26 bits per heavy atom. The molecule has 1 N–H and O–H groups in total. The number of aromatic amines is 1. The molecule has 5 heteroatoms. The van der Waals surface area contributed by atoms with Crippen molar-refractivity contribution in [2.24, 2.45) is 0 Å². The quantitative estimate of drug-likeness (QED) is 0.912. The highest BCUT2D eigenvalue weighted by Gasteiger charge is 2.19. The van der Waals surface area contributed by atoms with Crippen LogP contribution < -0.4 is 0 Å². The van der Waals surface area contributed by atoms with Gasteiger partial charge >= 0.3 is 0 Å². The Hall–Kier alpha value is -1.75. The first-order valence-corrected chi connectivity index (χ1v) is 6.77. The molecule has 19 heavy (non-hydrogen) atoms. The van der Waals surface area contributed by atoms with Crippen LogP contribution in [0.3, 0.4) is 0 Å². The highest BCUT2D eigenvalue weighted by atomic mass is 15.1. The summed E-state index contributed by atoms with van der Waals surface area (Å²) >= 11 is 0. The molecule has 3 heterocycles. The predicted octanol–water partition coefficient (Wildman–Crippen LogP) is 1.88. The fourth-order valence-electron chi connectivity index (χ4n) is 2.43. The van der Waals surface area contributed by atoms with Crippen molar-refractivity contribution in [2.45, 2.75) is 39.3 Å². The van der Waals surface area contributed by atoms with E-state index in [0.29, 0.717) is 5.92 Å². The lowest BCUT2D eigenvalue weighted by molar-refractivity contribution is 0.242. The van der Waals surface area contributed by atoms with Crippen molar-refractivity contribution < 1.29 is 0 Å². The molecular formula is C14H19N5. The normalized spacial score (nSPS) is 15.7. The van der Waals surface area contributed by atoms with Gasteiger partial charge in [-0.15, -0.1) is 0 Å². The Morgan fingerprint density at radius 1 is 1.37 bits per heavy atom. The first kappa shape index (κ1) is 12.3. The zero-order valence-electron chi connectivity index (χ0n) is 11.4. The summed E-state index contributed by atoms with van der Waals surface area (Å²) in [5.41, 5.74) is 3.71. The second kappa shape index (κ2) is 5.09. The van der Waals surface area contributed by atoms with Crippen molar-refractivity contribution in [1.29, 1.82) is 0 Å². The van der Waals surface area contributed by atoms with Crippen molar-refractivity contribution in [3.63, 3.8) is 0 Å². The molecule has 1 aliphatic heterocycles. The average molecular weight is 257 g/mol. The minimum absolute atomic E-state index is 0.397. The molecule has 1 aliphatic rings. The van der Waals surface area contributed by atoms with Crippen LogP contribution in [0.4, 0.5) is 0 Å². The standard InChI is InChI=1S/C14H19N5/c1-10(2)14-15-7-12-9-19(4-3-13(12)18-14)8-11-5-16-17-6-11/h5-7,10H,3-4,8-9H2,1-2H3,(H,16,17). The van der Waals surface area contributed by atoms with E-state index in [1.165, 1.54) is 16.8 Å². The van der Waals surface area contributed by atoms with Crippen LogP contribution in [0.15, 0.2) is 18.6 Å². The first-order chi connectivity index (χ1) is 9.22. The second-order valence-electron chi connectivity index (χ2n) is 5.42. The lowest BCUT2D eigenvalue weighted by Crippen LogP contribution is -2.31. The number of H-pyrrole nitrogens is 1. The molecule has 0 unspecified atom stereocenters. The molecule has 3 rings (SSSR count). The summed E-state index contributed by atoms with van der Waals surface area (Å²) in [4.78, 5) is 11.6. The van der Waals surface area contributed by atoms with E-state index in [-0.39, 0.29) is 0 Å². The molecule has 100 valence electrons. The third kappa shape index (κ3) is 2.66. The maximum atomic E-state index is 4.69. The van der Waals surface area contributed by atoms with Crippen LogP contribution >= 0.6 is 0 Å². The van der Waals surface area contributed by atoms with Gasteiger partial charge in [-0.1, -0.05) is 13.8 Å². The van der Waals surface area contributed by atoms with Gasteiger partial charge in [0.1, 0.15) is 5.82 Å². The van der Waals surface area contributed by atoms with E-state index in [1.807, 2.05) is 18.6 Å². The van der Waals surface area contributed by atoms with Crippen LogP contribution in [0, 0.1) is 0 Å². The van der Waals surface area contributed by atoms with Gasteiger partial charge in [-0.05, 0) is 0 Å². The van der Waals surface area contributed by atoms with Gasteiger partial charge in [0.25, 0.3) is 0 Å². The fourth-order valence-corrected chi connectivity index (χ4v) is 2.43. The van der Waals surface area contributed by atoms with Crippen LogP contribution in [0.1, 0.15) is 42.4 Å². The largest absolute Gasteiger partial charge is 0.294 e. The van der Waals surface area contributed by atoms with E-state index in [4.69, 9.17) is 0 Å². The summed E-state index contributed by atoms with van der Waals surface area (Å²) in [6, 6.07) is 0. The van der Waals surface area contributed by atoms with Gasteiger partial charge in [0.15, 0.2) is 0 Å². The van der Waals surface area contributed by atoms with Crippen molar-refractivity contribution >= 4 is 0 Å². The molecule has 0 amide bonds. The Labute approximate surface area is 113 Å². The molecule has 0 atom stereocenters. The number of hydrogen-bond donors (Lipinski definition) is 1. The topological polar surface area (TPSA) is 57.7 Å². The Bertz CT molecular complexity index is 547. The zero-order chi connectivity index (χ0) is 13.2. The minimum atomic E-state index is 0.397. The molecule has 2 aromatic rings. The van der Waals surface area contributed by atoms with Crippen LogP contribution in [-0.4, -0.2) is 31.6 Å². The Morgan fingerprint density at radius 3 is 3.00 bits per heavy atom. The molecular weight excluding hydrogens is 238 g/mol. The highest BCUT2D eigenvalue weighted by Crippen LogP contribution is 2.20.